The minimum Gasteiger partial charge on any atom is -0.491 e. The van der Waals surface area contributed by atoms with Crippen molar-refractivity contribution in [3.05, 3.63) is 65.0 Å². The molecule has 0 saturated carbocycles. The van der Waals surface area contributed by atoms with Gasteiger partial charge in [-0.1, -0.05) is 18.2 Å². The fourth-order valence-electron chi connectivity index (χ4n) is 3.16. The molecule has 0 aliphatic carbocycles. The summed E-state index contributed by atoms with van der Waals surface area (Å²) >= 11 is 0. The van der Waals surface area contributed by atoms with Crippen molar-refractivity contribution in [2.24, 2.45) is 5.73 Å². The third-order valence-corrected chi connectivity index (χ3v) is 4.79. The summed E-state index contributed by atoms with van der Waals surface area (Å²) in [6.07, 6.45) is 3.19. The van der Waals surface area contributed by atoms with E-state index in [4.69, 9.17) is 26.4 Å². The van der Waals surface area contributed by atoms with E-state index >= 15 is 0 Å². The van der Waals surface area contributed by atoms with Crippen LogP contribution in [0.1, 0.15) is 21.5 Å². The van der Waals surface area contributed by atoms with E-state index in [2.05, 4.69) is 4.90 Å². The molecule has 5 N–H and O–H groups in total. The molecule has 1 amide bonds. The number of rotatable bonds is 8. The highest BCUT2D eigenvalue weighted by molar-refractivity contribution is 6.15. The lowest BCUT2D eigenvalue weighted by Gasteiger charge is -2.26. The van der Waals surface area contributed by atoms with Crippen molar-refractivity contribution < 1.29 is 18.7 Å². The second kappa shape index (κ2) is 10.00. The van der Waals surface area contributed by atoms with Crippen molar-refractivity contribution in [2.75, 3.05) is 45.2 Å². The Balaban J connectivity index is 1.82. The van der Waals surface area contributed by atoms with Crippen LogP contribution in [-0.4, -0.2) is 56.0 Å². The predicted octanol–water partition coefficient (Wildman–Crippen LogP) is 2.30. The van der Waals surface area contributed by atoms with E-state index in [9.17, 15) is 9.18 Å². The van der Waals surface area contributed by atoms with E-state index in [0.29, 0.717) is 37.6 Å². The van der Waals surface area contributed by atoms with Crippen LogP contribution in [0.5, 0.6) is 5.75 Å². The fourth-order valence-corrected chi connectivity index (χ4v) is 3.16. The number of hydrogen-bond acceptors (Lipinski definition) is 6. The van der Waals surface area contributed by atoms with E-state index < -0.39 is 5.91 Å². The molecule has 0 aromatic heterocycles. The maximum Gasteiger partial charge on any atom is 0.252 e. The van der Waals surface area contributed by atoms with Gasteiger partial charge in [0.15, 0.2) is 0 Å². The van der Waals surface area contributed by atoms with Crippen LogP contribution in [0.25, 0.3) is 6.08 Å². The van der Waals surface area contributed by atoms with Gasteiger partial charge >= 0.3 is 0 Å². The maximum absolute atomic E-state index is 13.1. The summed E-state index contributed by atoms with van der Waals surface area (Å²) in [5.41, 5.74) is 13.2. The molecule has 1 saturated heterocycles. The summed E-state index contributed by atoms with van der Waals surface area (Å²) in [4.78, 5) is 14.1. The van der Waals surface area contributed by atoms with Crippen LogP contribution in [0.2, 0.25) is 0 Å². The van der Waals surface area contributed by atoms with Crippen LogP contribution in [0.4, 0.5) is 10.1 Å². The van der Waals surface area contributed by atoms with Gasteiger partial charge in [0, 0.05) is 25.3 Å². The first-order valence-electron chi connectivity index (χ1n) is 9.63. The van der Waals surface area contributed by atoms with Crippen LogP contribution < -0.4 is 16.2 Å². The number of primary amides is 1. The molecule has 2 aromatic carbocycles. The number of anilines is 1. The van der Waals surface area contributed by atoms with E-state index in [0.717, 1.165) is 18.7 Å². The molecule has 1 heterocycles. The normalized spacial score (nSPS) is 14.7. The number of amides is 1. The van der Waals surface area contributed by atoms with Crippen molar-refractivity contribution in [3.63, 3.8) is 0 Å². The first kappa shape index (κ1) is 21.5. The molecule has 7 nitrogen and oxygen atoms in total. The number of nitrogens with one attached hydrogen (secondary N) is 1. The molecule has 1 aliphatic heterocycles. The van der Waals surface area contributed by atoms with Crippen molar-refractivity contribution in [2.45, 2.75) is 0 Å². The first-order valence-corrected chi connectivity index (χ1v) is 9.63. The average Bonchev–Trinajstić information content (AvgIpc) is 2.74. The molecule has 0 bridgehead atoms. The van der Waals surface area contributed by atoms with Gasteiger partial charge in [-0.05, 0) is 35.9 Å². The van der Waals surface area contributed by atoms with E-state index in [1.165, 1.54) is 30.3 Å². The fraction of sp³-hybridized carbons (Fsp3) is 0.273. The summed E-state index contributed by atoms with van der Waals surface area (Å²) < 4.78 is 24.3. The Morgan fingerprint density at radius 3 is 2.57 bits per heavy atom. The van der Waals surface area contributed by atoms with E-state index in [1.807, 2.05) is 0 Å². The highest BCUT2D eigenvalue weighted by Crippen LogP contribution is 2.30. The zero-order valence-electron chi connectivity index (χ0n) is 16.6. The van der Waals surface area contributed by atoms with Crippen LogP contribution in [0, 0.1) is 11.2 Å². The Labute approximate surface area is 174 Å². The van der Waals surface area contributed by atoms with Gasteiger partial charge in [0.05, 0.1) is 30.1 Å². The molecule has 0 atom stereocenters. The van der Waals surface area contributed by atoms with Gasteiger partial charge in [-0.2, -0.15) is 0 Å². The Morgan fingerprint density at radius 1 is 1.20 bits per heavy atom. The number of halogens is 1. The van der Waals surface area contributed by atoms with Gasteiger partial charge in [-0.25, -0.2) is 4.39 Å². The van der Waals surface area contributed by atoms with Crippen LogP contribution in [0.3, 0.4) is 0 Å². The van der Waals surface area contributed by atoms with Gasteiger partial charge in [0.2, 0.25) is 0 Å². The Hall–Kier alpha value is -3.23. The average molecular weight is 412 g/mol. The number of carbonyl (C=O) groups excluding carboxylic acids is 1. The monoisotopic (exact) mass is 412 g/mol. The van der Waals surface area contributed by atoms with Gasteiger partial charge in [-0.15, -0.1) is 0 Å². The molecule has 1 fully saturated rings. The molecular weight excluding hydrogens is 387 g/mol. The van der Waals surface area contributed by atoms with Crippen LogP contribution in [-0.2, 0) is 4.74 Å². The smallest absolute Gasteiger partial charge is 0.252 e. The largest absolute Gasteiger partial charge is 0.491 e. The lowest BCUT2D eigenvalue weighted by molar-refractivity contribution is 0.0322. The number of nitrogens with two attached hydrogens (primary N) is 2. The molecule has 30 heavy (non-hydrogen) atoms. The number of nitrogens with zero attached hydrogens (tertiary/aromatic N) is 1. The quantitative estimate of drug-likeness (QED) is 0.455. The summed E-state index contributed by atoms with van der Waals surface area (Å²) in [5.74, 6) is -0.797. The number of nitrogen functional groups attached to an aromatic ring is 1. The summed E-state index contributed by atoms with van der Waals surface area (Å²) in [6.45, 7) is 3.93. The Morgan fingerprint density at radius 2 is 1.90 bits per heavy atom. The second-order valence-corrected chi connectivity index (χ2v) is 6.87. The topological polar surface area (TPSA) is 115 Å². The molecule has 3 rings (SSSR count). The molecule has 0 unspecified atom stereocenters. The second-order valence-electron chi connectivity index (χ2n) is 6.87. The SMILES string of the molecule is N=C(/C=C/c1ccc(F)cc1)c1c(N)ccc(C(N)=O)c1OCCN1CCOCC1. The van der Waals surface area contributed by atoms with Gasteiger partial charge in [0.1, 0.15) is 18.2 Å². The number of carbonyl (C=O) groups is 1. The summed E-state index contributed by atoms with van der Waals surface area (Å²) in [5, 5.41) is 8.47. The number of benzene rings is 2. The third-order valence-electron chi connectivity index (χ3n) is 4.79. The van der Waals surface area contributed by atoms with Crippen molar-refractivity contribution in [1.82, 2.24) is 4.90 Å². The van der Waals surface area contributed by atoms with E-state index in [1.54, 1.807) is 18.2 Å². The van der Waals surface area contributed by atoms with Crippen LogP contribution in [0.15, 0.2) is 42.5 Å². The maximum atomic E-state index is 13.1. The minimum absolute atomic E-state index is 0.0568. The zero-order valence-corrected chi connectivity index (χ0v) is 16.6. The summed E-state index contributed by atoms with van der Waals surface area (Å²) in [6, 6.07) is 8.91. The minimum atomic E-state index is -0.659. The highest BCUT2D eigenvalue weighted by Gasteiger charge is 2.20. The molecule has 1 aliphatic rings. The first-order chi connectivity index (χ1) is 14.5. The molecule has 8 heteroatoms. The number of hydrogen-bond donors (Lipinski definition) is 3. The molecule has 158 valence electrons. The number of allylic oxidation sites excluding steroid dienone is 1. The number of morpholine rings is 1. The van der Waals surface area contributed by atoms with Crippen LogP contribution >= 0.6 is 0 Å². The van der Waals surface area contributed by atoms with E-state index in [-0.39, 0.29) is 22.8 Å². The van der Waals surface area contributed by atoms with Crippen molar-refractivity contribution in [1.29, 1.82) is 5.41 Å². The van der Waals surface area contributed by atoms with Gasteiger partial charge in [-0.3, -0.25) is 9.69 Å². The van der Waals surface area contributed by atoms with Gasteiger partial charge in [0.25, 0.3) is 5.91 Å². The molecule has 2 aromatic rings. The summed E-state index contributed by atoms with van der Waals surface area (Å²) in [7, 11) is 0. The molecule has 0 radical (unpaired) electrons. The Bertz CT molecular complexity index is 938. The lowest BCUT2D eigenvalue weighted by atomic mass is 10.0. The Kier molecular flexibility index (Phi) is 7.16. The molecule has 0 spiro atoms. The number of ether oxygens (including phenoxy) is 2. The van der Waals surface area contributed by atoms with Crippen molar-refractivity contribution in [3.8, 4) is 5.75 Å². The third kappa shape index (κ3) is 5.43. The van der Waals surface area contributed by atoms with Crippen molar-refractivity contribution >= 4 is 23.4 Å². The predicted molar refractivity (Wildman–Crippen MR) is 114 cm³/mol. The zero-order chi connectivity index (χ0) is 21.5. The highest BCUT2D eigenvalue weighted by atomic mass is 19.1. The standard InChI is InChI=1S/C22H25FN4O3/c23-16-4-1-15(2-5-16)3-7-18(24)20-19(25)8-6-17(22(26)28)21(20)30-14-11-27-9-12-29-13-10-27/h1-8,24H,9-14,25H2,(H2,26,28)/b7-3+,24-18?. The van der Waals surface area contributed by atoms with Gasteiger partial charge < -0.3 is 26.4 Å². The molecular formula is C22H25FN4O3. The lowest BCUT2D eigenvalue weighted by Crippen LogP contribution is -2.38.